The zero-order valence-electron chi connectivity index (χ0n) is 11.6. The van der Waals surface area contributed by atoms with Crippen LogP contribution in [-0.2, 0) is 4.74 Å². The molecule has 1 rings (SSSR count). The van der Waals surface area contributed by atoms with Gasteiger partial charge in [0.2, 0.25) is 5.95 Å². The summed E-state index contributed by atoms with van der Waals surface area (Å²) in [6.45, 7) is 8.56. The largest absolute Gasteiger partial charge is 0.409 e. The summed E-state index contributed by atoms with van der Waals surface area (Å²) in [5.74, 6) is 0.538. The fraction of sp³-hybridized carbons (Fsp3) is 0.583. The summed E-state index contributed by atoms with van der Waals surface area (Å²) < 4.78 is 5.33. The highest BCUT2D eigenvalue weighted by Gasteiger charge is 2.11. The average molecular weight is 267 g/mol. The molecule has 0 aromatic carbocycles. The van der Waals surface area contributed by atoms with Crippen molar-refractivity contribution < 1.29 is 9.94 Å². The summed E-state index contributed by atoms with van der Waals surface area (Å²) in [7, 11) is 0. The molecular weight excluding hydrogens is 246 g/mol. The van der Waals surface area contributed by atoms with Crippen LogP contribution in [0.1, 0.15) is 25.2 Å². The first kappa shape index (κ1) is 15.2. The molecule has 0 spiro atoms. The second kappa shape index (κ2) is 7.52. The number of aryl methyl sites for hydroxylation is 1. The van der Waals surface area contributed by atoms with E-state index in [1.54, 1.807) is 6.07 Å². The quantitative estimate of drug-likeness (QED) is 0.249. The molecule has 1 heterocycles. The van der Waals surface area contributed by atoms with Crippen molar-refractivity contribution in [1.29, 1.82) is 0 Å². The van der Waals surface area contributed by atoms with Crippen LogP contribution in [0.2, 0.25) is 0 Å². The van der Waals surface area contributed by atoms with Gasteiger partial charge in [0.1, 0.15) is 5.69 Å². The Morgan fingerprint density at radius 3 is 2.79 bits per heavy atom. The molecule has 0 bridgehead atoms. The molecule has 0 amide bonds. The molecule has 0 saturated carbocycles. The lowest BCUT2D eigenvalue weighted by molar-refractivity contribution is 0.153. The van der Waals surface area contributed by atoms with Crippen molar-refractivity contribution in [1.82, 2.24) is 9.97 Å². The van der Waals surface area contributed by atoms with Gasteiger partial charge in [0.15, 0.2) is 5.84 Å². The van der Waals surface area contributed by atoms with E-state index in [0.717, 1.165) is 12.2 Å². The maximum absolute atomic E-state index is 8.71. The SMILES string of the molecule is CCOCCN(CC)c1nc(C)cc(/C(N)=N/O)n1. The molecule has 106 valence electrons. The first-order valence-electron chi connectivity index (χ1n) is 6.28. The molecule has 0 aliphatic rings. The Balaban J connectivity index is 2.93. The number of aromatic nitrogens is 2. The maximum Gasteiger partial charge on any atom is 0.226 e. The summed E-state index contributed by atoms with van der Waals surface area (Å²) in [5.41, 5.74) is 6.74. The van der Waals surface area contributed by atoms with E-state index in [4.69, 9.17) is 15.7 Å². The summed E-state index contributed by atoms with van der Waals surface area (Å²) >= 11 is 0. The first-order valence-corrected chi connectivity index (χ1v) is 6.28. The molecule has 0 unspecified atom stereocenters. The average Bonchev–Trinajstić information content (AvgIpc) is 2.42. The van der Waals surface area contributed by atoms with E-state index in [0.29, 0.717) is 31.4 Å². The van der Waals surface area contributed by atoms with Crippen LogP contribution in [-0.4, -0.2) is 47.3 Å². The zero-order valence-corrected chi connectivity index (χ0v) is 11.6. The van der Waals surface area contributed by atoms with Gasteiger partial charge in [-0.1, -0.05) is 5.16 Å². The van der Waals surface area contributed by atoms with Crippen LogP contribution in [0.25, 0.3) is 0 Å². The van der Waals surface area contributed by atoms with Crippen LogP contribution in [0.3, 0.4) is 0 Å². The van der Waals surface area contributed by atoms with Crippen molar-refractivity contribution in [3.05, 3.63) is 17.5 Å². The van der Waals surface area contributed by atoms with Crippen molar-refractivity contribution >= 4 is 11.8 Å². The number of nitrogens with two attached hydrogens (primary N) is 1. The van der Waals surface area contributed by atoms with Crippen LogP contribution in [0.15, 0.2) is 11.2 Å². The highest BCUT2D eigenvalue weighted by atomic mass is 16.5. The highest BCUT2D eigenvalue weighted by molar-refractivity contribution is 5.95. The number of rotatable bonds is 7. The molecule has 0 saturated heterocycles. The van der Waals surface area contributed by atoms with Crippen molar-refractivity contribution in [3.8, 4) is 0 Å². The predicted octanol–water partition coefficient (Wildman–Crippen LogP) is 0.742. The molecule has 0 aliphatic heterocycles. The second-order valence-corrected chi connectivity index (χ2v) is 3.96. The van der Waals surface area contributed by atoms with Gasteiger partial charge in [-0.3, -0.25) is 0 Å². The lowest BCUT2D eigenvalue weighted by Gasteiger charge is -2.21. The van der Waals surface area contributed by atoms with Crippen molar-refractivity contribution in [3.63, 3.8) is 0 Å². The normalized spacial score (nSPS) is 11.6. The minimum atomic E-state index is -0.0207. The first-order chi connectivity index (χ1) is 9.12. The topological polar surface area (TPSA) is 96.9 Å². The molecule has 1 aromatic rings. The van der Waals surface area contributed by atoms with E-state index < -0.39 is 0 Å². The number of hydrogen-bond donors (Lipinski definition) is 2. The van der Waals surface area contributed by atoms with Crippen LogP contribution >= 0.6 is 0 Å². The van der Waals surface area contributed by atoms with Crippen LogP contribution in [0.4, 0.5) is 5.95 Å². The number of ether oxygens (including phenoxy) is 1. The van der Waals surface area contributed by atoms with Gasteiger partial charge in [-0.05, 0) is 26.8 Å². The standard InChI is InChI=1S/C12H21N5O2/c1-4-17(6-7-19-5-2)12-14-9(3)8-10(15-12)11(13)16-18/h8,18H,4-7H2,1-3H3,(H2,13,16). The fourth-order valence-electron chi connectivity index (χ4n) is 1.60. The van der Waals surface area contributed by atoms with Crippen molar-refractivity contribution in [2.24, 2.45) is 10.9 Å². The third kappa shape index (κ3) is 4.36. The van der Waals surface area contributed by atoms with Gasteiger partial charge in [0, 0.05) is 25.4 Å². The van der Waals surface area contributed by atoms with E-state index in [2.05, 4.69) is 15.1 Å². The summed E-state index contributed by atoms with van der Waals surface area (Å²) in [5, 5.41) is 11.7. The van der Waals surface area contributed by atoms with Gasteiger partial charge >= 0.3 is 0 Å². The number of hydrogen-bond acceptors (Lipinski definition) is 6. The second-order valence-electron chi connectivity index (χ2n) is 3.96. The Morgan fingerprint density at radius 2 is 2.21 bits per heavy atom. The number of likely N-dealkylation sites (N-methyl/N-ethyl adjacent to an activating group) is 1. The highest BCUT2D eigenvalue weighted by Crippen LogP contribution is 2.10. The molecule has 0 aliphatic carbocycles. The Morgan fingerprint density at radius 1 is 1.47 bits per heavy atom. The molecule has 0 atom stereocenters. The van der Waals surface area contributed by atoms with Crippen molar-refractivity contribution in [2.45, 2.75) is 20.8 Å². The third-order valence-electron chi connectivity index (χ3n) is 2.59. The molecule has 19 heavy (non-hydrogen) atoms. The Labute approximate surface area is 113 Å². The smallest absolute Gasteiger partial charge is 0.226 e. The van der Waals surface area contributed by atoms with E-state index in [9.17, 15) is 0 Å². The Hall–Kier alpha value is -1.89. The molecule has 3 N–H and O–H groups in total. The molecule has 7 heteroatoms. The van der Waals surface area contributed by atoms with Gasteiger partial charge in [-0.25, -0.2) is 9.97 Å². The third-order valence-corrected chi connectivity index (χ3v) is 2.59. The predicted molar refractivity (Wildman–Crippen MR) is 73.7 cm³/mol. The number of amidine groups is 1. The Bertz CT molecular complexity index is 436. The van der Waals surface area contributed by atoms with Crippen LogP contribution in [0.5, 0.6) is 0 Å². The van der Waals surface area contributed by atoms with E-state index in [1.165, 1.54) is 0 Å². The molecule has 7 nitrogen and oxygen atoms in total. The summed E-state index contributed by atoms with van der Waals surface area (Å²) in [6, 6.07) is 1.68. The van der Waals surface area contributed by atoms with Gasteiger partial charge in [-0.2, -0.15) is 0 Å². The molecular formula is C12H21N5O2. The van der Waals surface area contributed by atoms with Gasteiger partial charge in [0.05, 0.1) is 6.61 Å². The maximum atomic E-state index is 8.71. The lowest BCUT2D eigenvalue weighted by Crippen LogP contribution is -2.30. The minimum absolute atomic E-state index is 0.0207. The molecule has 0 radical (unpaired) electrons. The minimum Gasteiger partial charge on any atom is -0.409 e. The monoisotopic (exact) mass is 267 g/mol. The molecule has 1 aromatic heterocycles. The van der Waals surface area contributed by atoms with Gasteiger partial charge in [-0.15, -0.1) is 0 Å². The van der Waals surface area contributed by atoms with Gasteiger partial charge < -0.3 is 20.6 Å². The summed E-state index contributed by atoms with van der Waals surface area (Å²) in [4.78, 5) is 10.6. The van der Waals surface area contributed by atoms with Gasteiger partial charge in [0.25, 0.3) is 0 Å². The van der Waals surface area contributed by atoms with Crippen LogP contribution in [0, 0.1) is 6.92 Å². The number of oxime groups is 1. The molecule has 0 fully saturated rings. The van der Waals surface area contributed by atoms with Crippen molar-refractivity contribution in [2.75, 3.05) is 31.2 Å². The fourth-order valence-corrected chi connectivity index (χ4v) is 1.60. The van der Waals surface area contributed by atoms with Crippen LogP contribution < -0.4 is 10.6 Å². The van der Waals surface area contributed by atoms with E-state index >= 15 is 0 Å². The van der Waals surface area contributed by atoms with E-state index in [-0.39, 0.29) is 5.84 Å². The number of nitrogens with zero attached hydrogens (tertiary/aromatic N) is 4. The Kier molecular flexibility index (Phi) is 6.01. The number of anilines is 1. The summed E-state index contributed by atoms with van der Waals surface area (Å²) in [6.07, 6.45) is 0. The van der Waals surface area contributed by atoms with E-state index in [1.807, 2.05) is 25.7 Å². The zero-order chi connectivity index (χ0) is 14.3. The lowest BCUT2D eigenvalue weighted by atomic mass is 10.3.